The van der Waals surface area contributed by atoms with Crippen LogP contribution < -0.4 is 5.32 Å². The van der Waals surface area contributed by atoms with Gasteiger partial charge in [-0.2, -0.15) is 5.26 Å². The number of nitrogens with one attached hydrogen (secondary N) is 1. The minimum absolute atomic E-state index is 0.198. The number of hydrogen-bond donors (Lipinski definition) is 1. The summed E-state index contributed by atoms with van der Waals surface area (Å²) >= 11 is 0. The number of imide groups is 1. The molecule has 1 N–H and O–H groups in total. The molecule has 1 aromatic carbocycles. The SMILES string of the molecule is CC(C)(C)C(=O)CN1C(=O)N[C@@](C)(c2cccc(C#N)c2)C1=O. The normalized spacial score (nSPS) is 21.1. The van der Waals surface area contributed by atoms with Crippen molar-refractivity contribution in [1.29, 1.82) is 5.26 Å². The number of amides is 3. The fourth-order valence-electron chi connectivity index (χ4n) is 2.32. The van der Waals surface area contributed by atoms with Crippen LogP contribution in [0.25, 0.3) is 0 Å². The maximum Gasteiger partial charge on any atom is 0.325 e. The maximum absolute atomic E-state index is 12.7. The first-order valence-electron chi connectivity index (χ1n) is 7.27. The van der Waals surface area contributed by atoms with Crippen molar-refractivity contribution in [1.82, 2.24) is 10.2 Å². The second-order valence-corrected chi connectivity index (χ2v) is 6.81. The highest BCUT2D eigenvalue weighted by Gasteiger charge is 2.50. The minimum Gasteiger partial charge on any atom is -0.319 e. The van der Waals surface area contributed by atoms with Crippen molar-refractivity contribution in [3.63, 3.8) is 0 Å². The maximum atomic E-state index is 12.7. The Morgan fingerprint density at radius 3 is 2.57 bits per heavy atom. The van der Waals surface area contributed by atoms with Crippen LogP contribution in [0, 0.1) is 16.7 Å². The lowest BCUT2D eigenvalue weighted by Gasteiger charge is -2.23. The molecule has 2 rings (SSSR count). The zero-order valence-corrected chi connectivity index (χ0v) is 13.6. The van der Waals surface area contributed by atoms with Crippen LogP contribution in [0.3, 0.4) is 0 Å². The number of nitrogens with zero attached hydrogens (tertiary/aromatic N) is 2. The molecule has 0 aliphatic carbocycles. The van der Waals surface area contributed by atoms with Crippen molar-refractivity contribution < 1.29 is 14.4 Å². The van der Waals surface area contributed by atoms with Gasteiger partial charge < -0.3 is 5.32 Å². The van der Waals surface area contributed by atoms with Crippen LogP contribution in [-0.4, -0.2) is 29.2 Å². The first-order chi connectivity index (χ1) is 10.6. The predicted octanol–water partition coefficient (Wildman–Crippen LogP) is 1.94. The molecule has 1 aliphatic heterocycles. The number of carbonyl (C=O) groups excluding carboxylic acids is 3. The van der Waals surface area contributed by atoms with Crippen LogP contribution in [0.2, 0.25) is 0 Å². The molecule has 1 saturated heterocycles. The van der Waals surface area contributed by atoms with Gasteiger partial charge in [-0.25, -0.2) is 4.79 Å². The molecule has 1 heterocycles. The summed E-state index contributed by atoms with van der Waals surface area (Å²) in [4.78, 5) is 38.0. The number of hydrogen-bond acceptors (Lipinski definition) is 4. The van der Waals surface area contributed by atoms with E-state index in [-0.39, 0.29) is 12.3 Å². The molecule has 0 bridgehead atoms. The van der Waals surface area contributed by atoms with Gasteiger partial charge in [-0.1, -0.05) is 32.9 Å². The second-order valence-electron chi connectivity index (χ2n) is 6.81. The van der Waals surface area contributed by atoms with E-state index in [0.29, 0.717) is 11.1 Å². The first kappa shape index (κ1) is 16.7. The van der Waals surface area contributed by atoms with Gasteiger partial charge in [-0.15, -0.1) is 0 Å². The lowest BCUT2D eigenvalue weighted by molar-refractivity contribution is -0.136. The molecule has 1 fully saturated rings. The van der Waals surface area contributed by atoms with Crippen molar-refractivity contribution in [2.45, 2.75) is 33.2 Å². The van der Waals surface area contributed by atoms with Crippen LogP contribution >= 0.6 is 0 Å². The van der Waals surface area contributed by atoms with E-state index in [1.165, 1.54) is 0 Å². The summed E-state index contributed by atoms with van der Waals surface area (Å²) in [5.41, 5.74) is -1.00. The topological polar surface area (TPSA) is 90.3 Å². The fourth-order valence-corrected chi connectivity index (χ4v) is 2.32. The summed E-state index contributed by atoms with van der Waals surface area (Å²) in [6, 6.07) is 7.92. The molecule has 0 unspecified atom stereocenters. The Labute approximate surface area is 135 Å². The molecule has 6 nitrogen and oxygen atoms in total. The second kappa shape index (κ2) is 5.51. The quantitative estimate of drug-likeness (QED) is 0.863. The zero-order valence-electron chi connectivity index (χ0n) is 13.6. The molecule has 120 valence electrons. The van der Waals surface area contributed by atoms with Gasteiger partial charge in [0.05, 0.1) is 18.2 Å². The molecule has 1 aromatic rings. The number of ketones is 1. The Morgan fingerprint density at radius 2 is 2.00 bits per heavy atom. The summed E-state index contributed by atoms with van der Waals surface area (Å²) in [7, 11) is 0. The zero-order chi connectivity index (χ0) is 17.4. The molecule has 23 heavy (non-hydrogen) atoms. The van der Waals surface area contributed by atoms with Crippen molar-refractivity contribution in [3.8, 4) is 6.07 Å². The molecular weight excluding hydrogens is 294 g/mol. The average molecular weight is 313 g/mol. The third kappa shape index (κ3) is 2.95. The van der Waals surface area contributed by atoms with Gasteiger partial charge in [0.25, 0.3) is 5.91 Å². The number of carbonyl (C=O) groups is 3. The Hall–Kier alpha value is -2.68. The minimum atomic E-state index is -1.28. The van der Waals surface area contributed by atoms with Crippen molar-refractivity contribution >= 4 is 17.7 Å². The van der Waals surface area contributed by atoms with Crippen molar-refractivity contribution in [2.24, 2.45) is 5.41 Å². The third-order valence-corrected chi connectivity index (χ3v) is 3.98. The molecule has 6 heteroatoms. The highest BCUT2D eigenvalue weighted by Crippen LogP contribution is 2.30. The monoisotopic (exact) mass is 313 g/mol. The molecule has 1 aliphatic rings. The van der Waals surface area contributed by atoms with Gasteiger partial charge in [0, 0.05) is 5.41 Å². The summed E-state index contributed by atoms with van der Waals surface area (Å²) in [5, 5.41) is 11.6. The van der Waals surface area contributed by atoms with Gasteiger partial charge in [-0.3, -0.25) is 14.5 Å². The Balaban J connectivity index is 2.33. The molecule has 0 aromatic heterocycles. The standard InChI is InChI=1S/C17H19N3O3/c1-16(2,3)13(21)10-20-14(22)17(4,19-15(20)23)12-7-5-6-11(8-12)9-18/h5-8H,10H2,1-4H3,(H,19,23)/t17-/m0/s1. The van der Waals surface area contributed by atoms with Crippen LogP contribution in [0.4, 0.5) is 4.79 Å². The van der Waals surface area contributed by atoms with E-state index >= 15 is 0 Å². The number of rotatable bonds is 3. The van der Waals surface area contributed by atoms with Crippen LogP contribution in [0.15, 0.2) is 24.3 Å². The molecule has 0 saturated carbocycles. The predicted molar refractivity (Wildman–Crippen MR) is 83.2 cm³/mol. The van der Waals surface area contributed by atoms with Crippen molar-refractivity contribution in [3.05, 3.63) is 35.4 Å². The van der Waals surface area contributed by atoms with E-state index < -0.39 is 22.9 Å². The first-order valence-corrected chi connectivity index (χ1v) is 7.27. The van der Waals surface area contributed by atoms with Gasteiger partial charge in [-0.05, 0) is 24.6 Å². The van der Waals surface area contributed by atoms with E-state index in [1.54, 1.807) is 52.0 Å². The lowest BCUT2D eigenvalue weighted by Crippen LogP contribution is -2.42. The highest BCUT2D eigenvalue weighted by molar-refractivity contribution is 6.09. The average Bonchev–Trinajstić information content (AvgIpc) is 2.71. The van der Waals surface area contributed by atoms with Crippen LogP contribution in [0.5, 0.6) is 0 Å². The van der Waals surface area contributed by atoms with E-state index in [0.717, 1.165) is 4.90 Å². The van der Waals surface area contributed by atoms with Crippen LogP contribution in [-0.2, 0) is 15.1 Å². The van der Waals surface area contributed by atoms with E-state index in [4.69, 9.17) is 5.26 Å². The summed E-state index contributed by atoms with van der Waals surface area (Å²) in [6.07, 6.45) is 0. The highest BCUT2D eigenvalue weighted by atomic mass is 16.2. The molecule has 0 spiro atoms. The largest absolute Gasteiger partial charge is 0.325 e. The smallest absolute Gasteiger partial charge is 0.319 e. The summed E-state index contributed by atoms with van der Waals surface area (Å²) < 4.78 is 0. The van der Waals surface area contributed by atoms with E-state index in [2.05, 4.69) is 5.32 Å². The Kier molecular flexibility index (Phi) is 3.99. The number of urea groups is 1. The summed E-state index contributed by atoms with van der Waals surface area (Å²) in [6.45, 7) is 6.53. The number of nitriles is 1. The van der Waals surface area contributed by atoms with Gasteiger partial charge in [0.2, 0.25) is 0 Å². The number of benzene rings is 1. The van der Waals surface area contributed by atoms with Gasteiger partial charge in [0.15, 0.2) is 5.78 Å². The lowest BCUT2D eigenvalue weighted by atomic mass is 9.89. The van der Waals surface area contributed by atoms with Crippen molar-refractivity contribution in [2.75, 3.05) is 6.54 Å². The van der Waals surface area contributed by atoms with Gasteiger partial charge >= 0.3 is 6.03 Å². The Bertz CT molecular complexity index is 727. The molecule has 3 amide bonds. The van der Waals surface area contributed by atoms with Crippen LogP contribution in [0.1, 0.15) is 38.8 Å². The van der Waals surface area contributed by atoms with Gasteiger partial charge in [0.1, 0.15) is 5.54 Å². The molecule has 1 atom stereocenters. The third-order valence-electron chi connectivity index (χ3n) is 3.98. The molecular formula is C17H19N3O3. The van der Waals surface area contributed by atoms with E-state index in [1.807, 2.05) is 6.07 Å². The molecule has 0 radical (unpaired) electrons. The fraction of sp³-hybridized carbons (Fsp3) is 0.412. The number of Topliss-reactive ketones (excluding diaryl/α,β-unsaturated/α-hetero) is 1. The van der Waals surface area contributed by atoms with E-state index in [9.17, 15) is 14.4 Å². The Morgan fingerprint density at radius 1 is 1.35 bits per heavy atom. The summed E-state index contributed by atoms with van der Waals surface area (Å²) in [5.74, 6) is -0.689.